The maximum absolute atomic E-state index is 5.71. The fourth-order valence-corrected chi connectivity index (χ4v) is 2.04. The molecule has 0 amide bonds. The lowest BCUT2D eigenvalue weighted by Crippen LogP contribution is -2.33. The van der Waals surface area contributed by atoms with Crippen LogP contribution in [0.3, 0.4) is 0 Å². The van der Waals surface area contributed by atoms with Crippen molar-refractivity contribution in [2.45, 2.75) is 26.6 Å². The number of benzene rings is 2. The number of nitrogens with two attached hydrogens (primary N) is 1. The van der Waals surface area contributed by atoms with Gasteiger partial charge in [0.2, 0.25) is 0 Å². The zero-order valence-corrected chi connectivity index (χ0v) is 9.83. The standard InChI is InChI=1S/C14H18N2/c1-10-5-3-6-12-7-4-8-13(14(10)12)9-16-11(2)15/h3-8,11,16H,9,15H2,1-2H3. The van der Waals surface area contributed by atoms with Crippen molar-refractivity contribution < 1.29 is 0 Å². The summed E-state index contributed by atoms with van der Waals surface area (Å²) in [6.07, 6.45) is 0.0271. The zero-order valence-electron chi connectivity index (χ0n) is 9.83. The van der Waals surface area contributed by atoms with Gasteiger partial charge in [0.15, 0.2) is 0 Å². The van der Waals surface area contributed by atoms with E-state index >= 15 is 0 Å². The highest BCUT2D eigenvalue weighted by atomic mass is 15.0. The van der Waals surface area contributed by atoms with Crippen LogP contribution >= 0.6 is 0 Å². The van der Waals surface area contributed by atoms with Crippen LogP contribution < -0.4 is 11.1 Å². The zero-order chi connectivity index (χ0) is 11.5. The Morgan fingerprint density at radius 3 is 2.56 bits per heavy atom. The number of fused-ring (bicyclic) bond motifs is 1. The summed E-state index contributed by atoms with van der Waals surface area (Å²) in [4.78, 5) is 0. The molecule has 16 heavy (non-hydrogen) atoms. The third-order valence-electron chi connectivity index (χ3n) is 2.81. The molecule has 0 aliphatic heterocycles. The van der Waals surface area contributed by atoms with Crippen LogP contribution in [0.15, 0.2) is 36.4 Å². The summed E-state index contributed by atoms with van der Waals surface area (Å²) in [7, 11) is 0. The van der Waals surface area contributed by atoms with Crippen molar-refractivity contribution in [2.24, 2.45) is 5.73 Å². The second-order valence-corrected chi connectivity index (χ2v) is 4.26. The van der Waals surface area contributed by atoms with Gasteiger partial charge in [-0.3, -0.25) is 5.32 Å². The third-order valence-corrected chi connectivity index (χ3v) is 2.81. The van der Waals surface area contributed by atoms with E-state index in [9.17, 15) is 0 Å². The fraction of sp³-hybridized carbons (Fsp3) is 0.286. The average molecular weight is 214 g/mol. The lowest BCUT2D eigenvalue weighted by molar-refractivity contribution is 0.568. The molecule has 0 aliphatic carbocycles. The van der Waals surface area contributed by atoms with E-state index in [-0.39, 0.29) is 6.17 Å². The molecule has 2 heteroatoms. The van der Waals surface area contributed by atoms with Gasteiger partial charge in [0.1, 0.15) is 0 Å². The van der Waals surface area contributed by atoms with Gasteiger partial charge >= 0.3 is 0 Å². The quantitative estimate of drug-likeness (QED) is 0.771. The predicted molar refractivity (Wildman–Crippen MR) is 69.2 cm³/mol. The molecule has 0 radical (unpaired) electrons. The van der Waals surface area contributed by atoms with Gasteiger partial charge in [-0.1, -0.05) is 36.4 Å². The summed E-state index contributed by atoms with van der Waals surface area (Å²) in [6.45, 7) is 4.93. The Kier molecular flexibility index (Phi) is 3.22. The average Bonchev–Trinajstić information content (AvgIpc) is 2.26. The van der Waals surface area contributed by atoms with E-state index in [1.165, 1.54) is 21.9 Å². The van der Waals surface area contributed by atoms with Gasteiger partial charge in [-0.15, -0.1) is 0 Å². The first-order chi connectivity index (χ1) is 7.68. The van der Waals surface area contributed by atoms with Crippen LogP contribution in [0.2, 0.25) is 0 Å². The summed E-state index contributed by atoms with van der Waals surface area (Å²) in [6, 6.07) is 12.8. The van der Waals surface area contributed by atoms with Crippen LogP contribution in [0.4, 0.5) is 0 Å². The van der Waals surface area contributed by atoms with Crippen molar-refractivity contribution in [1.82, 2.24) is 5.32 Å². The van der Waals surface area contributed by atoms with Crippen LogP contribution in [0.5, 0.6) is 0 Å². The first-order valence-corrected chi connectivity index (χ1v) is 5.64. The fourth-order valence-electron chi connectivity index (χ4n) is 2.04. The SMILES string of the molecule is Cc1cccc2cccc(CNC(C)N)c12. The molecule has 2 nitrogen and oxygen atoms in total. The first kappa shape index (κ1) is 11.1. The molecular weight excluding hydrogens is 196 g/mol. The molecule has 3 N–H and O–H groups in total. The van der Waals surface area contributed by atoms with E-state index in [0.717, 1.165) is 6.54 Å². The number of hydrogen-bond donors (Lipinski definition) is 2. The normalized spacial score (nSPS) is 12.9. The highest BCUT2D eigenvalue weighted by Gasteiger charge is 2.03. The van der Waals surface area contributed by atoms with Crippen molar-refractivity contribution in [1.29, 1.82) is 0 Å². The third kappa shape index (κ3) is 2.23. The second kappa shape index (κ2) is 4.64. The van der Waals surface area contributed by atoms with Crippen LogP contribution in [0.1, 0.15) is 18.1 Å². The Balaban J connectivity index is 2.44. The van der Waals surface area contributed by atoms with Crippen molar-refractivity contribution in [2.75, 3.05) is 0 Å². The Morgan fingerprint density at radius 1 is 1.19 bits per heavy atom. The molecule has 1 unspecified atom stereocenters. The molecule has 1 atom stereocenters. The molecular formula is C14H18N2. The van der Waals surface area contributed by atoms with Gasteiger partial charge in [0.25, 0.3) is 0 Å². The van der Waals surface area contributed by atoms with Crippen molar-refractivity contribution in [3.63, 3.8) is 0 Å². The van der Waals surface area contributed by atoms with E-state index in [1.807, 2.05) is 6.92 Å². The molecule has 2 aromatic rings. The molecule has 0 heterocycles. The number of nitrogens with one attached hydrogen (secondary N) is 1. The summed E-state index contributed by atoms with van der Waals surface area (Å²) >= 11 is 0. The highest BCUT2D eigenvalue weighted by Crippen LogP contribution is 2.22. The topological polar surface area (TPSA) is 38.0 Å². The minimum absolute atomic E-state index is 0.0271. The monoisotopic (exact) mass is 214 g/mol. The summed E-state index contributed by atoms with van der Waals surface area (Å²) in [5.41, 5.74) is 8.34. The summed E-state index contributed by atoms with van der Waals surface area (Å²) < 4.78 is 0. The maximum Gasteiger partial charge on any atom is 0.0519 e. The molecule has 0 saturated carbocycles. The molecule has 0 saturated heterocycles. The van der Waals surface area contributed by atoms with Crippen molar-refractivity contribution >= 4 is 10.8 Å². The van der Waals surface area contributed by atoms with Gasteiger partial charge < -0.3 is 5.73 Å². The Hall–Kier alpha value is -1.38. The van der Waals surface area contributed by atoms with Gasteiger partial charge in [-0.25, -0.2) is 0 Å². The van der Waals surface area contributed by atoms with Crippen LogP contribution in [-0.4, -0.2) is 6.17 Å². The predicted octanol–water partition coefficient (Wildman–Crippen LogP) is 2.54. The van der Waals surface area contributed by atoms with Gasteiger partial charge in [-0.2, -0.15) is 0 Å². The van der Waals surface area contributed by atoms with Gasteiger partial charge in [0, 0.05) is 6.54 Å². The molecule has 0 fully saturated rings. The molecule has 0 spiro atoms. The van der Waals surface area contributed by atoms with Crippen molar-refractivity contribution in [3.8, 4) is 0 Å². The van der Waals surface area contributed by atoms with Gasteiger partial charge in [0.05, 0.1) is 6.17 Å². The highest BCUT2D eigenvalue weighted by molar-refractivity contribution is 5.88. The molecule has 0 aromatic heterocycles. The Labute approximate surface area is 96.5 Å². The van der Waals surface area contributed by atoms with E-state index in [2.05, 4.69) is 48.6 Å². The van der Waals surface area contributed by atoms with Crippen molar-refractivity contribution in [3.05, 3.63) is 47.5 Å². The molecule has 0 aliphatic rings. The largest absolute Gasteiger partial charge is 0.316 e. The number of rotatable bonds is 3. The first-order valence-electron chi connectivity index (χ1n) is 5.64. The lowest BCUT2D eigenvalue weighted by Gasteiger charge is -2.12. The minimum Gasteiger partial charge on any atom is -0.316 e. The Morgan fingerprint density at radius 2 is 1.88 bits per heavy atom. The van der Waals surface area contributed by atoms with E-state index in [1.54, 1.807) is 0 Å². The summed E-state index contributed by atoms with van der Waals surface area (Å²) in [5.74, 6) is 0. The maximum atomic E-state index is 5.71. The number of aryl methyl sites for hydroxylation is 1. The molecule has 2 aromatic carbocycles. The smallest absolute Gasteiger partial charge is 0.0519 e. The van der Waals surface area contributed by atoms with Gasteiger partial charge in [-0.05, 0) is 35.7 Å². The lowest BCUT2D eigenvalue weighted by atomic mass is 10.00. The minimum atomic E-state index is 0.0271. The second-order valence-electron chi connectivity index (χ2n) is 4.26. The molecule has 84 valence electrons. The van der Waals surface area contributed by atoms with Crippen LogP contribution in [-0.2, 0) is 6.54 Å². The van der Waals surface area contributed by atoms with E-state index < -0.39 is 0 Å². The van der Waals surface area contributed by atoms with Crippen LogP contribution in [0.25, 0.3) is 10.8 Å². The number of hydrogen-bond acceptors (Lipinski definition) is 2. The van der Waals surface area contributed by atoms with E-state index in [0.29, 0.717) is 0 Å². The molecule has 0 bridgehead atoms. The summed E-state index contributed by atoms with van der Waals surface area (Å²) in [5, 5.41) is 5.90. The van der Waals surface area contributed by atoms with Crippen LogP contribution in [0, 0.1) is 6.92 Å². The molecule has 2 rings (SSSR count). The Bertz CT molecular complexity index is 484. The van der Waals surface area contributed by atoms with E-state index in [4.69, 9.17) is 5.73 Å².